The molecule has 0 saturated heterocycles. The molecule has 0 radical (unpaired) electrons. The molecule has 138 valence electrons. The molecule has 1 atom stereocenters. The van der Waals surface area contributed by atoms with Gasteiger partial charge < -0.3 is 20.1 Å². The Hall–Kier alpha value is -3.16. The fourth-order valence-electron chi connectivity index (χ4n) is 2.18. The van der Waals surface area contributed by atoms with Crippen LogP contribution in [0, 0.1) is 11.6 Å². The number of methoxy groups -OCH3 is 1. The molecule has 0 aliphatic heterocycles. The van der Waals surface area contributed by atoms with Crippen LogP contribution in [0.5, 0.6) is 11.5 Å². The van der Waals surface area contributed by atoms with Crippen LogP contribution in [0.4, 0.5) is 8.78 Å². The molecule has 2 aromatic carbocycles. The van der Waals surface area contributed by atoms with Gasteiger partial charge in [0.1, 0.15) is 17.5 Å². The highest BCUT2D eigenvalue weighted by Gasteiger charge is 2.23. The van der Waals surface area contributed by atoms with Gasteiger partial charge in [-0.05, 0) is 29.8 Å². The lowest BCUT2D eigenvalue weighted by Crippen LogP contribution is -2.41. The molecule has 8 heteroatoms. The van der Waals surface area contributed by atoms with Crippen molar-refractivity contribution in [3.05, 3.63) is 59.7 Å². The minimum absolute atomic E-state index is 0.109. The summed E-state index contributed by atoms with van der Waals surface area (Å²) in [7, 11) is 2.87. The van der Waals surface area contributed by atoms with Crippen LogP contribution in [0.1, 0.15) is 11.6 Å². The minimum atomic E-state index is -1.18. The summed E-state index contributed by atoms with van der Waals surface area (Å²) in [5.41, 5.74) is 0.109. The summed E-state index contributed by atoms with van der Waals surface area (Å²) < 4.78 is 36.9. The lowest BCUT2D eigenvalue weighted by Gasteiger charge is -2.18. The Balaban J connectivity index is 2.06. The Morgan fingerprint density at radius 1 is 1.08 bits per heavy atom. The predicted molar refractivity (Wildman–Crippen MR) is 89.8 cm³/mol. The molecular formula is C18H18F2N2O4. The summed E-state index contributed by atoms with van der Waals surface area (Å²) in [6.07, 6.45) is 0. The number of ether oxygens (including phenoxy) is 2. The predicted octanol–water partition coefficient (Wildman–Crippen LogP) is 1.96. The van der Waals surface area contributed by atoms with Gasteiger partial charge in [-0.3, -0.25) is 9.59 Å². The first-order valence-corrected chi connectivity index (χ1v) is 7.67. The third kappa shape index (κ3) is 4.92. The Kier molecular flexibility index (Phi) is 6.48. The molecule has 2 rings (SSSR count). The van der Waals surface area contributed by atoms with E-state index in [0.717, 1.165) is 12.1 Å². The normalized spacial score (nSPS) is 11.4. The number of likely N-dealkylation sites (N-methyl/N-ethyl adjacent to an activating group) is 1. The number of amides is 2. The van der Waals surface area contributed by atoms with E-state index >= 15 is 0 Å². The van der Waals surface area contributed by atoms with Crippen molar-refractivity contribution in [2.45, 2.75) is 6.04 Å². The molecule has 0 saturated carbocycles. The van der Waals surface area contributed by atoms with Crippen molar-refractivity contribution in [1.82, 2.24) is 10.6 Å². The first-order valence-electron chi connectivity index (χ1n) is 7.67. The van der Waals surface area contributed by atoms with Crippen LogP contribution >= 0.6 is 0 Å². The summed E-state index contributed by atoms with van der Waals surface area (Å²) in [4.78, 5) is 24.1. The van der Waals surface area contributed by atoms with Crippen LogP contribution in [0.3, 0.4) is 0 Å². The second-order valence-corrected chi connectivity index (χ2v) is 5.26. The second-order valence-electron chi connectivity index (χ2n) is 5.26. The van der Waals surface area contributed by atoms with E-state index in [2.05, 4.69) is 10.6 Å². The van der Waals surface area contributed by atoms with Crippen LogP contribution in [0.15, 0.2) is 42.5 Å². The zero-order chi connectivity index (χ0) is 19.1. The SMILES string of the molecule is CNC(=O)C(NC(=O)COc1cccc(OC)c1)c1ccc(F)c(F)c1. The van der Waals surface area contributed by atoms with Crippen molar-refractivity contribution in [3.63, 3.8) is 0 Å². The van der Waals surface area contributed by atoms with Gasteiger partial charge in [0.25, 0.3) is 5.91 Å². The number of nitrogens with one attached hydrogen (secondary N) is 2. The number of benzene rings is 2. The smallest absolute Gasteiger partial charge is 0.258 e. The maximum absolute atomic E-state index is 13.4. The average molecular weight is 364 g/mol. The lowest BCUT2D eigenvalue weighted by molar-refractivity contribution is -0.129. The van der Waals surface area contributed by atoms with E-state index in [1.54, 1.807) is 24.3 Å². The Bertz CT molecular complexity index is 799. The summed E-state index contributed by atoms with van der Waals surface area (Å²) in [6.45, 7) is -0.371. The molecule has 0 bridgehead atoms. The van der Waals surface area contributed by atoms with Gasteiger partial charge in [-0.2, -0.15) is 0 Å². The van der Waals surface area contributed by atoms with Crippen molar-refractivity contribution in [3.8, 4) is 11.5 Å². The van der Waals surface area contributed by atoms with Crippen molar-refractivity contribution in [1.29, 1.82) is 0 Å². The van der Waals surface area contributed by atoms with Crippen molar-refractivity contribution in [2.75, 3.05) is 20.8 Å². The molecule has 2 aromatic rings. The third-order valence-electron chi connectivity index (χ3n) is 3.50. The summed E-state index contributed by atoms with van der Waals surface area (Å²) >= 11 is 0. The highest BCUT2D eigenvalue weighted by Crippen LogP contribution is 2.19. The Labute approximate surface area is 149 Å². The number of carbonyl (C=O) groups is 2. The van der Waals surface area contributed by atoms with Crippen LogP contribution < -0.4 is 20.1 Å². The second kappa shape index (κ2) is 8.80. The highest BCUT2D eigenvalue weighted by atomic mass is 19.2. The molecule has 0 aliphatic carbocycles. The van der Waals surface area contributed by atoms with E-state index in [0.29, 0.717) is 11.5 Å². The Morgan fingerprint density at radius 2 is 1.81 bits per heavy atom. The molecule has 0 fully saturated rings. The van der Waals surface area contributed by atoms with E-state index in [-0.39, 0.29) is 12.2 Å². The van der Waals surface area contributed by atoms with Crippen LogP contribution in [-0.4, -0.2) is 32.6 Å². The van der Waals surface area contributed by atoms with Crippen molar-refractivity contribution < 1.29 is 27.8 Å². The van der Waals surface area contributed by atoms with E-state index in [1.165, 1.54) is 20.2 Å². The standard InChI is InChI=1S/C18H18F2N2O4/c1-21-18(24)17(11-6-7-14(19)15(20)8-11)22-16(23)10-26-13-5-3-4-12(9-13)25-2/h3-9,17H,10H2,1-2H3,(H,21,24)(H,22,23). The van der Waals surface area contributed by atoms with Gasteiger partial charge in [-0.1, -0.05) is 12.1 Å². The highest BCUT2D eigenvalue weighted by molar-refractivity contribution is 5.89. The zero-order valence-electron chi connectivity index (χ0n) is 14.2. The summed E-state index contributed by atoms with van der Waals surface area (Å²) in [6, 6.07) is 8.44. The lowest BCUT2D eigenvalue weighted by atomic mass is 10.1. The molecule has 0 aliphatic rings. The quantitative estimate of drug-likeness (QED) is 0.787. The molecule has 2 N–H and O–H groups in total. The van der Waals surface area contributed by atoms with Gasteiger partial charge in [-0.15, -0.1) is 0 Å². The number of hydrogen-bond donors (Lipinski definition) is 2. The van der Waals surface area contributed by atoms with Crippen LogP contribution in [-0.2, 0) is 9.59 Å². The van der Waals surface area contributed by atoms with Gasteiger partial charge in [0.2, 0.25) is 5.91 Å². The summed E-state index contributed by atoms with van der Waals surface area (Å²) in [5, 5.41) is 4.80. The van der Waals surface area contributed by atoms with Crippen LogP contribution in [0.2, 0.25) is 0 Å². The molecule has 1 unspecified atom stereocenters. The third-order valence-corrected chi connectivity index (χ3v) is 3.50. The van der Waals surface area contributed by atoms with Gasteiger partial charge in [-0.25, -0.2) is 8.78 Å². The average Bonchev–Trinajstić information content (AvgIpc) is 2.66. The molecule has 26 heavy (non-hydrogen) atoms. The molecule has 0 heterocycles. The first-order chi connectivity index (χ1) is 12.4. The summed E-state index contributed by atoms with van der Waals surface area (Å²) in [5.74, 6) is -2.37. The van der Waals surface area contributed by atoms with E-state index < -0.39 is 29.5 Å². The van der Waals surface area contributed by atoms with Crippen molar-refractivity contribution >= 4 is 11.8 Å². The maximum Gasteiger partial charge on any atom is 0.258 e. The zero-order valence-corrected chi connectivity index (χ0v) is 14.2. The number of hydrogen-bond acceptors (Lipinski definition) is 4. The van der Waals surface area contributed by atoms with E-state index in [4.69, 9.17) is 9.47 Å². The minimum Gasteiger partial charge on any atom is -0.497 e. The molecule has 0 spiro atoms. The molecule has 0 aromatic heterocycles. The topological polar surface area (TPSA) is 76.7 Å². The number of carbonyl (C=O) groups excluding carboxylic acids is 2. The van der Waals surface area contributed by atoms with E-state index in [1.807, 2.05) is 0 Å². The first kappa shape index (κ1) is 19.2. The fourth-order valence-corrected chi connectivity index (χ4v) is 2.18. The molecule has 6 nitrogen and oxygen atoms in total. The molecular weight excluding hydrogens is 346 g/mol. The maximum atomic E-state index is 13.4. The monoisotopic (exact) mass is 364 g/mol. The Morgan fingerprint density at radius 3 is 2.46 bits per heavy atom. The van der Waals surface area contributed by atoms with Crippen molar-refractivity contribution in [2.24, 2.45) is 0 Å². The largest absolute Gasteiger partial charge is 0.497 e. The fraction of sp³-hybridized carbons (Fsp3) is 0.222. The van der Waals surface area contributed by atoms with Gasteiger partial charge in [0, 0.05) is 13.1 Å². The van der Waals surface area contributed by atoms with Gasteiger partial charge in [0.05, 0.1) is 7.11 Å². The number of rotatable bonds is 7. The number of halogens is 2. The van der Waals surface area contributed by atoms with E-state index in [9.17, 15) is 18.4 Å². The van der Waals surface area contributed by atoms with Gasteiger partial charge >= 0.3 is 0 Å². The van der Waals surface area contributed by atoms with Gasteiger partial charge in [0.15, 0.2) is 18.2 Å². The molecule has 2 amide bonds. The van der Waals surface area contributed by atoms with Crippen LogP contribution in [0.25, 0.3) is 0 Å².